The van der Waals surface area contributed by atoms with Crippen LogP contribution in [-0.2, 0) is 0 Å². The quantitative estimate of drug-likeness (QED) is 0.913. The fourth-order valence-electron chi connectivity index (χ4n) is 2.62. The minimum atomic E-state index is 0.0316. The Bertz CT molecular complexity index is 688. The van der Waals surface area contributed by atoms with Crippen LogP contribution in [0, 0.1) is 0 Å². The number of aliphatic hydroxyl groups is 1. The summed E-state index contributed by atoms with van der Waals surface area (Å²) in [5, 5.41) is 11.2. The van der Waals surface area contributed by atoms with Crippen molar-refractivity contribution in [1.29, 1.82) is 0 Å². The second-order valence-corrected chi connectivity index (χ2v) is 4.75. The first-order valence-electron chi connectivity index (χ1n) is 6.32. The minimum absolute atomic E-state index is 0.0316. The molecular weight excluding hydrogens is 238 g/mol. The lowest BCUT2D eigenvalue weighted by atomic mass is 9.90. The number of rotatable bonds is 3. The van der Waals surface area contributed by atoms with E-state index >= 15 is 0 Å². The molecule has 19 heavy (non-hydrogen) atoms. The zero-order valence-electron chi connectivity index (χ0n) is 10.8. The first kappa shape index (κ1) is 11.9. The molecule has 0 atom stereocenters. The van der Waals surface area contributed by atoms with Crippen LogP contribution >= 0.6 is 0 Å². The first-order chi connectivity index (χ1) is 9.22. The van der Waals surface area contributed by atoms with Crippen molar-refractivity contribution in [3.05, 3.63) is 47.5 Å². The fraction of sp³-hybridized carbons (Fsp3) is 0.188. The van der Waals surface area contributed by atoms with E-state index in [1.165, 1.54) is 0 Å². The van der Waals surface area contributed by atoms with Crippen LogP contribution in [0.2, 0.25) is 0 Å². The molecule has 96 valence electrons. The summed E-state index contributed by atoms with van der Waals surface area (Å²) in [5.74, 6) is 0.0316. The molecule has 3 nitrogen and oxygen atoms in total. The standard InChI is InChI=1S/C16H15NO2/c1-17(9-10-18)13-7-5-11-3-2-4-12-6-8-14(19)16(13)15(11)12/h2-8,18H,9-10H2,1H3. The molecule has 0 heterocycles. The molecule has 3 heteroatoms. The van der Waals surface area contributed by atoms with Gasteiger partial charge in [0.25, 0.3) is 0 Å². The van der Waals surface area contributed by atoms with E-state index in [2.05, 4.69) is 0 Å². The highest BCUT2D eigenvalue weighted by Crippen LogP contribution is 2.34. The molecule has 0 aliphatic heterocycles. The summed E-state index contributed by atoms with van der Waals surface area (Å²) in [6.45, 7) is 0.581. The zero-order valence-corrected chi connectivity index (χ0v) is 10.8. The second-order valence-electron chi connectivity index (χ2n) is 4.75. The van der Waals surface area contributed by atoms with Gasteiger partial charge in [-0.2, -0.15) is 0 Å². The van der Waals surface area contributed by atoms with E-state index in [9.17, 15) is 4.79 Å². The monoisotopic (exact) mass is 253 g/mol. The number of hydrogen-bond donors (Lipinski definition) is 1. The van der Waals surface area contributed by atoms with Crippen LogP contribution < -0.4 is 4.90 Å². The maximum atomic E-state index is 12.2. The van der Waals surface area contributed by atoms with Gasteiger partial charge in [0.2, 0.25) is 0 Å². The van der Waals surface area contributed by atoms with Crippen molar-refractivity contribution in [2.24, 2.45) is 0 Å². The summed E-state index contributed by atoms with van der Waals surface area (Å²) in [6.07, 6.45) is 3.49. The van der Waals surface area contributed by atoms with Crippen LogP contribution in [0.3, 0.4) is 0 Å². The van der Waals surface area contributed by atoms with Gasteiger partial charge in [-0.05, 0) is 23.1 Å². The Morgan fingerprint density at radius 2 is 2.00 bits per heavy atom. The molecule has 0 bridgehead atoms. The fourth-order valence-corrected chi connectivity index (χ4v) is 2.62. The Morgan fingerprint density at radius 3 is 2.79 bits per heavy atom. The van der Waals surface area contributed by atoms with Gasteiger partial charge in [-0.1, -0.05) is 30.3 Å². The smallest absolute Gasteiger partial charge is 0.188 e. The summed E-state index contributed by atoms with van der Waals surface area (Å²) < 4.78 is 0. The third kappa shape index (κ3) is 1.83. The molecule has 0 spiro atoms. The zero-order chi connectivity index (χ0) is 13.4. The molecule has 0 unspecified atom stereocenters. The van der Waals surface area contributed by atoms with Crippen molar-refractivity contribution >= 4 is 28.3 Å². The number of carbonyl (C=O) groups is 1. The van der Waals surface area contributed by atoms with E-state index in [1.807, 2.05) is 48.4 Å². The van der Waals surface area contributed by atoms with E-state index in [0.29, 0.717) is 6.54 Å². The van der Waals surface area contributed by atoms with Crippen LogP contribution in [0.5, 0.6) is 0 Å². The SMILES string of the molecule is CN(CCO)c1ccc2cccc3c2c1C(=O)C=C3. The van der Waals surface area contributed by atoms with E-state index in [0.717, 1.165) is 27.6 Å². The molecule has 0 aromatic heterocycles. The number of ketones is 1. The van der Waals surface area contributed by atoms with E-state index in [-0.39, 0.29) is 12.4 Å². The van der Waals surface area contributed by atoms with Gasteiger partial charge in [0.05, 0.1) is 12.2 Å². The molecule has 1 N–H and O–H groups in total. The van der Waals surface area contributed by atoms with Gasteiger partial charge >= 0.3 is 0 Å². The third-order valence-electron chi connectivity index (χ3n) is 3.56. The lowest BCUT2D eigenvalue weighted by molar-refractivity contribution is 0.104. The molecule has 1 aliphatic carbocycles. The van der Waals surface area contributed by atoms with Gasteiger partial charge in [0.1, 0.15) is 0 Å². The largest absolute Gasteiger partial charge is 0.395 e. The average molecular weight is 253 g/mol. The van der Waals surface area contributed by atoms with Gasteiger partial charge in [0, 0.05) is 24.7 Å². The highest BCUT2D eigenvalue weighted by molar-refractivity contribution is 6.23. The number of carbonyl (C=O) groups excluding carboxylic acids is 1. The van der Waals surface area contributed by atoms with Crippen molar-refractivity contribution < 1.29 is 9.90 Å². The summed E-state index contributed by atoms with van der Waals surface area (Å²) in [4.78, 5) is 14.1. The number of nitrogens with zero attached hydrogens (tertiary/aromatic N) is 1. The van der Waals surface area contributed by atoms with Gasteiger partial charge in [0.15, 0.2) is 5.78 Å². The van der Waals surface area contributed by atoms with Crippen LogP contribution in [-0.4, -0.2) is 31.1 Å². The average Bonchev–Trinajstić information content (AvgIpc) is 2.43. The van der Waals surface area contributed by atoms with E-state index in [4.69, 9.17) is 5.11 Å². The molecule has 0 radical (unpaired) electrons. The summed E-state index contributed by atoms with van der Waals surface area (Å²) in [6, 6.07) is 10.0. The minimum Gasteiger partial charge on any atom is -0.395 e. The molecular formula is C16H15NO2. The predicted molar refractivity (Wildman–Crippen MR) is 77.7 cm³/mol. The Hall–Kier alpha value is -2.13. The highest BCUT2D eigenvalue weighted by atomic mass is 16.3. The number of anilines is 1. The molecule has 1 aliphatic rings. The number of likely N-dealkylation sites (N-methyl/N-ethyl adjacent to an activating group) is 1. The van der Waals surface area contributed by atoms with Gasteiger partial charge in [-0.15, -0.1) is 0 Å². The normalized spacial score (nSPS) is 13.1. The van der Waals surface area contributed by atoms with Gasteiger partial charge in [-0.25, -0.2) is 0 Å². The van der Waals surface area contributed by atoms with Gasteiger partial charge < -0.3 is 10.0 Å². The lowest BCUT2D eigenvalue weighted by Gasteiger charge is -2.23. The lowest BCUT2D eigenvalue weighted by Crippen LogP contribution is -2.23. The Balaban J connectivity index is 2.31. The van der Waals surface area contributed by atoms with Crippen molar-refractivity contribution in [3.63, 3.8) is 0 Å². The van der Waals surface area contributed by atoms with Crippen molar-refractivity contribution in [1.82, 2.24) is 0 Å². The van der Waals surface area contributed by atoms with E-state index < -0.39 is 0 Å². The second kappa shape index (κ2) is 4.52. The van der Waals surface area contributed by atoms with Crippen LogP contribution in [0.25, 0.3) is 16.8 Å². The molecule has 2 aromatic carbocycles. The molecule has 2 aromatic rings. The molecule has 3 rings (SSSR count). The summed E-state index contributed by atoms with van der Waals surface area (Å²) in [7, 11) is 1.89. The molecule has 0 saturated carbocycles. The number of hydrogen-bond acceptors (Lipinski definition) is 3. The number of benzene rings is 2. The van der Waals surface area contributed by atoms with Crippen LogP contribution in [0.1, 0.15) is 15.9 Å². The molecule has 0 saturated heterocycles. The molecule has 0 fully saturated rings. The van der Waals surface area contributed by atoms with Crippen LogP contribution in [0.4, 0.5) is 5.69 Å². The van der Waals surface area contributed by atoms with Crippen molar-refractivity contribution in [2.45, 2.75) is 0 Å². The maximum absolute atomic E-state index is 12.2. The predicted octanol–water partition coefficient (Wildman–Crippen LogP) is 2.48. The first-order valence-corrected chi connectivity index (χ1v) is 6.32. The number of aliphatic hydroxyl groups excluding tert-OH is 1. The Kier molecular flexibility index (Phi) is 2.84. The van der Waals surface area contributed by atoms with E-state index in [1.54, 1.807) is 6.08 Å². The Morgan fingerprint density at radius 1 is 1.16 bits per heavy atom. The third-order valence-corrected chi connectivity index (χ3v) is 3.56. The van der Waals surface area contributed by atoms with Crippen LogP contribution in [0.15, 0.2) is 36.4 Å². The maximum Gasteiger partial charge on any atom is 0.188 e. The summed E-state index contributed by atoms with van der Waals surface area (Å²) >= 11 is 0. The molecule has 0 amide bonds. The number of allylic oxidation sites excluding steroid dienone is 1. The van der Waals surface area contributed by atoms with Gasteiger partial charge in [-0.3, -0.25) is 4.79 Å². The Labute approximate surface area is 111 Å². The van der Waals surface area contributed by atoms with Crippen molar-refractivity contribution in [3.8, 4) is 0 Å². The van der Waals surface area contributed by atoms with Crippen molar-refractivity contribution in [2.75, 3.05) is 25.1 Å². The highest BCUT2D eigenvalue weighted by Gasteiger charge is 2.20. The topological polar surface area (TPSA) is 40.5 Å². The summed E-state index contributed by atoms with van der Waals surface area (Å²) in [5.41, 5.74) is 2.70.